The van der Waals surface area contributed by atoms with Gasteiger partial charge in [0.2, 0.25) is 0 Å². The molecule has 0 aliphatic carbocycles. The van der Waals surface area contributed by atoms with E-state index in [2.05, 4.69) is 21.2 Å². The Bertz CT molecular complexity index is 1180. The zero-order valence-electron chi connectivity index (χ0n) is 15.1. The van der Waals surface area contributed by atoms with E-state index >= 15 is 0 Å². The number of nitrogens with one attached hydrogen (secondary N) is 1. The summed E-state index contributed by atoms with van der Waals surface area (Å²) < 4.78 is 6.54. The van der Waals surface area contributed by atoms with Crippen LogP contribution in [0.15, 0.2) is 85.1 Å². The second-order valence-corrected chi connectivity index (χ2v) is 8.86. The van der Waals surface area contributed by atoms with Gasteiger partial charge in [-0.3, -0.25) is 19.8 Å². The summed E-state index contributed by atoms with van der Waals surface area (Å²) in [6, 6.07) is 17.9. The lowest BCUT2D eigenvalue weighted by Gasteiger charge is -2.28. The van der Waals surface area contributed by atoms with Crippen molar-refractivity contribution in [3.63, 3.8) is 0 Å². The molecule has 1 N–H and O–H groups in total. The highest BCUT2D eigenvalue weighted by atomic mass is 79.9. The molecule has 9 heteroatoms. The minimum atomic E-state index is -0.573. The van der Waals surface area contributed by atoms with Crippen LogP contribution in [0.5, 0.6) is 0 Å². The van der Waals surface area contributed by atoms with Crippen molar-refractivity contribution in [1.29, 1.82) is 0 Å². The summed E-state index contributed by atoms with van der Waals surface area (Å²) in [5.74, 6) is -0.733. The molecule has 0 spiro atoms. The SMILES string of the molecule is O=C1NC(=S)N(c2ccccc2)C(=O)/C1=C/c1cc(Br)c(Sc2ccc(Cl)cc2)o1. The lowest BCUT2D eigenvalue weighted by atomic mass is 10.1. The first-order valence-electron chi connectivity index (χ1n) is 8.61. The molecule has 0 saturated carbocycles. The summed E-state index contributed by atoms with van der Waals surface area (Å²) in [5, 5.41) is 3.82. The van der Waals surface area contributed by atoms with Gasteiger partial charge in [-0.05, 0) is 76.7 Å². The highest BCUT2D eigenvalue weighted by molar-refractivity contribution is 9.10. The Morgan fingerprint density at radius 3 is 2.50 bits per heavy atom. The highest BCUT2D eigenvalue weighted by Gasteiger charge is 2.34. The first kappa shape index (κ1) is 20.9. The molecule has 2 amide bonds. The summed E-state index contributed by atoms with van der Waals surface area (Å²) in [7, 11) is 0. The number of halogens is 2. The number of nitrogens with zero attached hydrogens (tertiary/aromatic N) is 1. The summed E-state index contributed by atoms with van der Waals surface area (Å²) >= 11 is 16.0. The van der Waals surface area contributed by atoms with E-state index in [4.69, 9.17) is 28.2 Å². The molecular weight excluding hydrogens is 508 g/mol. The molecule has 30 heavy (non-hydrogen) atoms. The van der Waals surface area contributed by atoms with Crippen molar-refractivity contribution >= 4 is 80.2 Å². The van der Waals surface area contributed by atoms with Crippen molar-refractivity contribution in [3.05, 3.63) is 81.5 Å². The predicted molar refractivity (Wildman–Crippen MR) is 125 cm³/mol. The molecule has 1 aliphatic heterocycles. The molecule has 0 radical (unpaired) electrons. The van der Waals surface area contributed by atoms with Crippen LogP contribution in [0, 0.1) is 0 Å². The maximum Gasteiger partial charge on any atom is 0.270 e. The molecule has 0 bridgehead atoms. The van der Waals surface area contributed by atoms with Crippen LogP contribution in [0.25, 0.3) is 6.08 Å². The zero-order chi connectivity index (χ0) is 21.3. The molecule has 0 atom stereocenters. The summed E-state index contributed by atoms with van der Waals surface area (Å²) in [6.45, 7) is 0. The quantitative estimate of drug-likeness (QED) is 0.273. The first-order chi connectivity index (χ1) is 14.4. The Balaban J connectivity index is 1.63. The van der Waals surface area contributed by atoms with Gasteiger partial charge in [0.05, 0.1) is 10.2 Å². The number of hydrogen-bond acceptors (Lipinski definition) is 5. The van der Waals surface area contributed by atoms with Gasteiger partial charge in [0, 0.05) is 9.92 Å². The van der Waals surface area contributed by atoms with E-state index in [9.17, 15) is 9.59 Å². The van der Waals surface area contributed by atoms with Gasteiger partial charge in [0.1, 0.15) is 11.3 Å². The molecule has 3 aromatic rings. The Labute approximate surface area is 195 Å². The fourth-order valence-corrected chi connectivity index (χ4v) is 4.47. The summed E-state index contributed by atoms with van der Waals surface area (Å²) in [5.41, 5.74) is 0.495. The molecule has 1 aliphatic rings. The van der Waals surface area contributed by atoms with Gasteiger partial charge in [0.25, 0.3) is 11.8 Å². The molecule has 2 aromatic carbocycles. The third-order valence-electron chi connectivity index (χ3n) is 4.10. The van der Waals surface area contributed by atoms with Gasteiger partial charge in [-0.25, -0.2) is 0 Å². The zero-order valence-corrected chi connectivity index (χ0v) is 19.1. The van der Waals surface area contributed by atoms with E-state index in [1.165, 1.54) is 22.7 Å². The fourth-order valence-electron chi connectivity index (χ4n) is 2.73. The highest BCUT2D eigenvalue weighted by Crippen LogP contribution is 2.37. The first-order valence-corrected chi connectivity index (χ1v) is 11.0. The number of carbonyl (C=O) groups excluding carboxylic acids is 2. The minimum Gasteiger partial charge on any atom is -0.449 e. The average molecular weight is 520 g/mol. The monoisotopic (exact) mass is 518 g/mol. The van der Waals surface area contributed by atoms with Crippen LogP contribution >= 0.6 is 51.5 Å². The van der Waals surface area contributed by atoms with E-state index in [1.807, 2.05) is 18.2 Å². The molecule has 4 rings (SSSR count). The van der Waals surface area contributed by atoms with Crippen molar-refractivity contribution in [1.82, 2.24) is 5.32 Å². The van der Waals surface area contributed by atoms with Crippen LogP contribution in [-0.4, -0.2) is 16.9 Å². The van der Waals surface area contributed by atoms with E-state index in [1.54, 1.807) is 42.5 Å². The minimum absolute atomic E-state index is 0.0351. The lowest BCUT2D eigenvalue weighted by Crippen LogP contribution is -2.54. The molecule has 1 fully saturated rings. The van der Waals surface area contributed by atoms with Gasteiger partial charge in [-0.15, -0.1) is 0 Å². The van der Waals surface area contributed by atoms with E-state index in [0.717, 1.165) is 4.90 Å². The number of anilines is 1. The number of thiocarbonyl (C=S) groups is 1. The second-order valence-electron chi connectivity index (χ2n) is 6.13. The van der Waals surface area contributed by atoms with E-state index < -0.39 is 11.8 Å². The lowest BCUT2D eigenvalue weighted by molar-refractivity contribution is -0.122. The smallest absolute Gasteiger partial charge is 0.270 e. The summed E-state index contributed by atoms with van der Waals surface area (Å²) in [4.78, 5) is 27.6. The van der Waals surface area contributed by atoms with Gasteiger partial charge in [-0.1, -0.05) is 41.6 Å². The second kappa shape index (κ2) is 8.77. The molecule has 5 nitrogen and oxygen atoms in total. The number of amides is 2. The normalized spacial score (nSPS) is 15.6. The average Bonchev–Trinajstić information content (AvgIpc) is 3.06. The van der Waals surface area contributed by atoms with Crippen LogP contribution in [0.1, 0.15) is 5.76 Å². The third-order valence-corrected chi connectivity index (χ3v) is 6.49. The number of rotatable bonds is 4. The molecule has 1 saturated heterocycles. The molecule has 150 valence electrons. The number of hydrogen-bond donors (Lipinski definition) is 1. The Morgan fingerprint density at radius 2 is 1.80 bits per heavy atom. The standard InChI is InChI=1S/C21H12BrClN2O3S2/c22-17-11-14(28-20(17)30-15-8-6-12(23)7-9-15)10-16-18(26)24-21(29)25(19(16)27)13-4-2-1-3-5-13/h1-11H,(H,24,26,29)/b16-10+. The number of para-hydroxylation sites is 1. The Hall–Kier alpha value is -2.39. The Kier molecular flexibility index (Phi) is 6.10. The molecule has 1 aromatic heterocycles. The van der Waals surface area contributed by atoms with Crippen LogP contribution in [0.3, 0.4) is 0 Å². The third kappa shape index (κ3) is 4.37. The maximum atomic E-state index is 13.0. The molecular formula is C21H12BrClN2O3S2. The van der Waals surface area contributed by atoms with Gasteiger partial charge < -0.3 is 4.42 Å². The van der Waals surface area contributed by atoms with Crippen molar-refractivity contribution in [2.75, 3.05) is 4.90 Å². The van der Waals surface area contributed by atoms with Crippen molar-refractivity contribution in [2.45, 2.75) is 9.99 Å². The maximum absolute atomic E-state index is 13.0. The van der Waals surface area contributed by atoms with Gasteiger partial charge in [-0.2, -0.15) is 0 Å². The van der Waals surface area contributed by atoms with Crippen LogP contribution in [0.4, 0.5) is 5.69 Å². The molecule has 2 heterocycles. The van der Waals surface area contributed by atoms with Crippen LogP contribution < -0.4 is 10.2 Å². The van der Waals surface area contributed by atoms with E-state index in [0.29, 0.717) is 26.0 Å². The molecule has 0 unspecified atom stereocenters. The Morgan fingerprint density at radius 1 is 1.10 bits per heavy atom. The van der Waals surface area contributed by atoms with Crippen LogP contribution in [0.2, 0.25) is 5.02 Å². The van der Waals surface area contributed by atoms with Gasteiger partial charge in [0.15, 0.2) is 10.2 Å². The fraction of sp³-hybridized carbons (Fsp3) is 0. The number of carbonyl (C=O) groups is 2. The number of benzene rings is 2. The number of furan rings is 1. The van der Waals surface area contributed by atoms with E-state index in [-0.39, 0.29) is 10.7 Å². The largest absolute Gasteiger partial charge is 0.449 e. The summed E-state index contributed by atoms with van der Waals surface area (Å²) in [6.07, 6.45) is 1.41. The van der Waals surface area contributed by atoms with Gasteiger partial charge >= 0.3 is 0 Å². The van der Waals surface area contributed by atoms with Crippen molar-refractivity contribution in [2.24, 2.45) is 0 Å². The van der Waals surface area contributed by atoms with Crippen molar-refractivity contribution in [3.8, 4) is 0 Å². The topological polar surface area (TPSA) is 62.6 Å². The van der Waals surface area contributed by atoms with Crippen LogP contribution in [-0.2, 0) is 9.59 Å². The predicted octanol–water partition coefficient (Wildman–Crippen LogP) is 5.68. The van der Waals surface area contributed by atoms with Crippen molar-refractivity contribution < 1.29 is 14.0 Å².